The van der Waals surface area contributed by atoms with E-state index in [9.17, 15) is 9.18 Å². The Morgan fingerprint density at radius 1 is 1.09 bits per heavy atom. The number of rotatable bonds is 10. The minimum absolute atomic E-state index is 0.131. The Hall–Kier alpha value is -3.10. The van der Waals surface area contributed by atoms with E-state index in [1.54, 1.807) is 37.6 Å². The average Bonchev–Trinajstić information content (AvgIpc) is 2.90. The van der Waals surface area contributed by atoms with Gasteiger partial charge in [-0.2, -0.15) is 0 Å². The van der Waals surface area contributed by atoms with Gasteiger partial charge < -0.3 is 19.5 Å². The van der Waals surface area contributed by atoms with Gasteiger partial charge in [0.1, 0.15) is 5.82 Å². The van der Waals surface area contributed by atoms with Gasteiger partial charge in [0.05, 0.1) is 44.1 Å². The van der Waals surface area contributed by atoms with Crippen LogP contribution in [0.4, 0.5) is 4.39 Å². The van der Waals surface area contributed by atoms with Crippen molar-refractivity contribution in [2.24, 2.45) is 5.92 Å². The molecule has 1 atom stereocenters. The predicted octanol–water partition coefficient (Wildman–Crippen LogP) is 4.51. The Kier molecular flexibility index (Phi) is 8.60. The molecule has 186 valence electrons. The van der Waals surface area contributed by atoms with Crippen molar-refractivity contribution in [2.75, 3.05) is 34.0 Å². The summed E-state index contributed by atoms with van der Waals surface area (Å²) in [6, 6.07) is 10.0. The number of pyridine rings is 2. The highest BCUT2D eigenvalue weighted by molar-refractivity contribution is 5.94. The number of halogens is 1. The number of nitrogens with zero attached hydrogens (tertiary/aromatic N) is 2. The highest BCUT2D eigenvalue weighted by atomic mass is 19.1. The van der Waals surface area contributed by atoms with Crippen LogP contribution in [0.15, 0.2) is 48.8 Å². The largest absolute Gasteiger partial charge is 0.481 e. The van der Waals surface area contributed by atoms with Gasteiger partial charge in [0, 0.05) is 31.0 Å². The number of carbonyl (C=O) groups is 1. The van der Waals surface area contributed by atoms with Gasteiger partial charge in [-0.15, -0.1) is 0 Å². The van der Waals surface area contributed by atoms with Crippen molar-refractivity contribution in [1.29, 1.82) is 0 Å². The first-order valence-corrected chi connectivity index (χ1v) is 12.0. The first kappa shape index (κ1) is 25.0. The quantitative estimate of drug-likeness (QED) is 0.429. The van der Waals surface area contributed by atoms with E-state index in [-0.39, 0.29) is 23.7 Å². The van der Waals surface area contributed by atoms with Crippen LogP contribution in [0.2, 0.25) is 0 Å². The van der Waals surface area contributed by atoms with E-state index >= 15 is 0 Å². The maximum atomic E-state index is 13.9. The zero-order chi connectivity index (χ0) is 24.6. The third-order valence-electron chi connectivity index (χ3n) is 6.77. The number of methoxy groups -OCH3 is 2. The van der Waals surface area contributed by atoms with Crippen molar-refractivity contribution < 1.29 is 23.4 Å². The zero-order valence-electron chi connectivity index (χ0n) is 20.2. The summed E-state index contributed by atoms with van der Waals surface area (Å²) >= 11 is 0. The van der Waals surface area contributed by atoms with Crippen molar-refractivity contribution in [3.63, 3.8) is 0 Å². The third kappa shape index (κ3) is 6.32. The number of fused-ring (bicyclic) bond motifs is 1. The van der Waals surface area contributed by atoms with Crippen LogP contribution >= 0.6 is 0 Å². The van der Waals surface area contributed by atoms with Crippen LogP contribution in [-0.4, -0.2) is 56.0 Å². The SMILES string of the molecule is COCCOCC(NC(=O)c1ccc(OC)nc1)C1CCC(c2ccnc3ccc(F)cc23)CC1. The molecular weight excluding hydrogens is 449 g/mol. The summed E-state index contributed by atoms with van der Waals surface area (Å²) in [5.74, 6) is 0.634. The van der Waals surface area contributed by atoms with Crippen molar-refractivity contribution in [2.45, 2.75) is 37.6 Å². The van der Waals surface area contributed by atoms with Gasteiger partial charge in [-0.1, -0.05) is 0 Å². The highest BCUT2D eigenvalue weighted by Gasteiger charge is 2.30. The van der Waals surface area contributed by atoms with Gasteiger partial charge >= 0.3 is 0 Å². The molecule has 2 aromatic heterocycles. The molecule has 8 heteroatoms. The first-order chi connectivity index (χ1) is 17.1. The summed E-state index contributed by atoms with van der Waals surface area (Å²) < 4.78 is 29.9. The van der Waals surface area contributed by atoms with E-state index in [0.717, 1.165) is 42.1 Å². The Morgan fingerprint density at radius 3 is 2.63 bits per heavy atom. The molecule has 2 heterocycles. The van der Waals surface area contributed by atoms with E-state index in [1.165, 1.54) is 19.4 Å². The summed E-state index contributed by atoms with van der Waals surface area (Å²) in [5.41, 5.74) is 2.44. The minimum atomic E-state index is -0.246. The molecule has 1 aromatic carbocycles. The lowest BCUT2D eigenvalue weighted by Gasteiger charge is -2.34. The standard InChI is InChI=1S/C27H32FN3O4/c1-33-13-14-35-17-25(31-27(32)20-7-10-26(34-2)30-16-20)19-5-3-18(4-6-19)22-11-12-29-24-9-8-21(28)15-23(22)24/h7-12,15-16,18-19,25H,3-6,13-14,17H2,1-2H3,(H,31,32). The van der Waals surface area contributed by atoms with Crippen molar-refractivity contribution in [1.82, 2.24) is 15.3 Å². The van der Waals surface area contributed by atoms with Crippen LogP contribution in [0.1, 0.15) is 47.5 Å². The summed E-state index contributed by atoms with van der Waals surface area (Å²) in [4.78, 5) is 21.5. The molecule has 35 heavy (non-hydrogen) atoms. The van der Waals surface area contributed by atoms with E-state index in [2.05, 4.69) is 15.3 Å². The Bertz CT molecular complexity index is 1120. The van der Waals surface area contributed by atoms with Gasteiger partial charge in [-0.05, 0) is 73.4 Å². The number of benzene rings is 1. The number of amides is 1. The maximum Gasteiger partial charge on any atom is 0.253 e. The molecular formula is C27H32FN3O4. The second kappa shape index (κ2) is 12.0. The number of carbonyl (C=O) groups excluding carboxylic acids is 1. The van der Waals surface area contributed by atoms with Crippen LogP contribution in [0, 0.1) is 11.7 Å². The van der Waals surface area contributed by atoms with Gasteiger partial charge in [0.2, 0.25) is 5.88 Å². The van der Waals surface area contributed by atoms with E-state index < -0.39 is 0 Å². The topological polar surface area (TPSA) is 82.6 Å². The van der Waals surface area contributed by atoms with Crippen molar-refractivity contribution in [3.8, 4) is 5.88 Å². The second-order valence-corrected chi connectivity index (χ2v) is 8.91. The monoisotopic (exact) mass is 481 g/mol. The van der Waals surface area contributed by atoms with Gasteiger partial charge in [-0.3, -0.25) is 9.78 Å². The smallest absolute Gasteiger partial charge is 0.253 e. The van der Waals surface area contributed by atoms with Gasteiger partial charge in [-0.25, -0.2) is 9.37 Å². The molecule has 0 radical (unpaired) electrons. The van der Waals surface area contributed by atoms with E-state index in [0.29, 0.717) is 37.2 Å². The Balaban J connectivity index is 1.43. The van der Waals surface area contributed by atoms with Crippen LogP contribution < -0.4 is 10.1 Å². The summed E-state index contributed by atoms with van der Waals surface area (Å²) in [6.45, 7) is 1.38. The van der Waals surface area contributed by atoms with Crippen LogP contribution in [0.5, 0.6) is 5.88 Å². The molecule has 7 nitrogen and oxygen atoms in total. The lowest BCUT2D eigenvalue weighted by molar-refractivity contribution is 0.0422. The summed E-state index contributed by atoms with van der Waals surface area (Å²) in [6.07, 6.45) is 7.09. The maximum absolute atomic E-state index is 13.9. The fourth-order valence-electron chi connectivity index (χ4n) is 4.86. The molecule has 1 aliphatic rings. The fourth-order valence-corrected chi connectivity index (χ4v) is 4.86. The highest BCUT2D eigenvalue weighted by Crippen LogP contribution is 2.39. The summed E-state index contributed by atoms with van der Waals surface area (Å²) in [5, 5.41) is 4.05. The minimum Gasteiger partial charge on any atom is -0.481 e. The lowest BCUT2D eigenvalue weighted by Crippen LogP contribution is -2.44. The first-order valence-electron chi connectivity index (χ1n) is 12.0. The second-order valence-electron chi connectivity index (χ2n) is 8.91. The Morgan fingerprint density at radius 2 is 1.91 bits per heavy atom. The average molecular weight is 482 g/mol. The molecule has 1 saturated carbocycles. The van der Waals surface area contributed by atoms with Crippen molar-refractivity contribution >= 4 is 16.8 Å². The Labute approximate surface area is 205 Å². The fraction of sp³-hybridized carbons (Fsp3) is 0.444. The molecule has 1 N–H and O–H groups in total. The van der Waals surface area contributed by atoms with E-state index in [4.69, 9.17) is 14.2 Å². The number of hydrogen-bond donors (Lipinski definition) is 1. The normalized spacial score (nSPS) is 18.8. The van der Waals surface area contributed by atoms with Crippen LogP contribution in [-0.2, 0) is 9.47 Å². The molecule has 0 aliphatic heterocycles. The third-order valence-corrected chi connectivity index (χ3v) is 6.77. The van der Waals surface area contributed by atoms with Crippen LogP contribution in [0.3, 0.4) is 0 Å². The number of ether oxygens (including phenoxy) is 3. The van der Waals surface area contributed by atoms with Crippen molar-refractivity contribution in [3.05, 3.63) is 65.7 Å². The molecule has 0 spiro atoms. The van der Waals surface area contributed by atoms with E-state index in [1.807, 2.05) is 6.07 Å². The molecule has 1 unspecified atom stereocenters. The molecule has 1 amide bonds. The molecule has 0 bridgehead atoms. The number of nitrogens with one attached hydrogen (secondary N) is 1. The molecule has 3 aromatic rings. The summed E-state index contributed by atoms with van der Waals surface area (Å²) in [7, 11) is 3.17. The molecule has 1 fully saturated rings. The molecule has 4 rings (SSSR count). The lowest BCUT2D eigenvalue weighted by atomic mass is 9.75. The van der Waals surface area contributed by atoms with Gasteiger partial charge in [0.25, 0.3) is 5.91 Å². The predicted molar refractivity (Wildman–Crippen MR) is 131 cm³/mol. The molecule has 1 aliphatic carbocycles. The zero-order valence-corrected chi connectivity index (χ0v) is 20.2. The number of hydrogen-bond acceptors (Lipinski definition) is 6. The number of aromatic nitrogens is 2. The van der Waals surface area contributed by atoms with Crippen LogP contribution in [0.25, 0.3) is 10.9 Å². The molecule has 0 saturated heterocycles. The van der Waals surface area contributed by atoms with Gasteiger partial charge in [0.15, 0.2) is 0 Å².